The molecule has 0 radical (unpaired) electrons. The zero-order valence-electron chi connectivity index (χ0n) is 17.8. The predicted octanol–water partition coefficient (Wildman–Crippen LogP) is 2.41. The maximum absolute atomic E-state index is 12.8. The Morgan fingerprint density at radius 3 is 2.74 bits per heavy atom. The number of nitrogens with zero attached hydrogens (tertiary/aromatic N) is 3. The third-order valence-corrected chi connectivity index (χ3v) is 7.90. The highest BCUT2D eigenvalue weighted by atomic mass is 32.2. The number of aromatic nitrogens is 1. The first-order chi connectivity index (χ1) is 14.9. The standard InChI is InChI=1S/C22H29N3O5S/c1-29-19-8-6-17(7-9-19)13-20-14-23-22(30-20)18-5-4-10-24(15-18)21(26)16-25-11-2-3-12-31(25,27)28/h6-9,14,18H,2-5,10-13,15-16H2,1H3/t18-/m0/s1. The first kappa shape index (κ1) is 21.8. The van der Waals surface area contributed by atoms with Crippen molar-refractivity contribution in [3.05, 3.63) is 47.7 Å². The molecule has 8 nitrogen and oxygen atoms in total. The SMILES string of the molecule is COc1ccc(Cc2cnc([C@H]3CCCN(C(=O)CN4CCCCS4(=O)=O)C3)o2)cc1. The van der Waals surface area contributed by atoms with Gasteiger partial charge in [0.1, 0.15) is 11.5 Å². The van der Waals surface area contributed by atoms with E-state index in [0.29, 0.717) is 38.4 Å². The Kier molecular flexibility index (Phi) is 6.62. The average molecular weight is 448 g/mol. The van der Waals surface area contributed by atoms with Gasteiger partial charge in [0.15, 0.2) is 5.89 Å². The molecule has 1 aromatic carbocycles. The van der Waals surface area contributed by atoms with E-state index in [-0.39, 0.29) is 24.1 Å². The minimum absolute atomic E-state index is 0.0280. The molecule has 0 N–H and O–H groups in total. The summed E-state index contributed by atoms with van der Waals surface area (Å²) in [7, 11) is -1.67. The second kappa shape index (κ2) is 9.40. The van der Waals surface area contributed by atoms with Crippen LogP contribution in [0.1, 0.15) is 48.8 Å². The van der Waals surface area contributed by atoms with E-state index in [1.165, 1.54) is 4.31 Å². The number of hydrogen-bond donors (Lipinski definition) is 0. The van der Waals surface area contributed by atoms with Crippen LogP contribution in [0.15, 0.2) is 34.9 Å². The number of likely N-dealkylation sites (tertiary alicyclic amines) is 1. The van der Waals surface area contributed by atoms with Gasteiger partial charge < -0.3 is 14.1 Å². The van der Waals surface area contributed by atoms with Crippen LogP contribution in [-0.4, -0.2) is 67.6 Å². The predicted molar refractivity (Wildman–Crippen MR) is 115 cm³/mol. The number of benzene rings is 1. The van der Waals surface area contributed by atoms with E-state index in [1.807, 2.05) is 24.3 Å². The Morgan fingerprint density at radius 1 is 1.19 bits per heavy atom. The fourth-order valence-electron chi connectivity index (χ4n) is 4.21. The van der Waals surface area contributed by atoms with E-state index in [2.05, 4.69) is 4.98 Å². The molecular formula is C22H29N3O5S. The maximum Gasteiger partial charge on any atom is 0.237 e. The highest BCUT2D eigenvalue weighted by Gasteiger charge is 2.32. The minimum atomic E-state index is -3.31. The molecular weight excluding hydrogens is 418 g/mol. The third-order valence-electron chi connectivity index (χ3n) is 6.00. The van der Waals surface area contributed by atoms with Crippen molar-refractivity contribution in [2.45, 2.75) is 38.0 Å². The van der Waals surface area contributed by atoms with Gasteiger partial charge in [-0.3, -0.25) is 4.79 Å². The number of amides is 1. The van der Waals surface area contributed by atoms with Crippen molar-refractivity contribution in [2.24, 2.45) is 0 Å². The molecule has 4 rings (SSSR count). The van der Waals surface area contributed by atoms with Crippen molar-refractivity contribution in [1.29, 1.82) is 0 Å². The summed E-state index contributed by atoms with van der Waals surface area (Å²) in [6.45, 7) is 1.51. The Morgan fingerprint density at radius 2 is 2.00 bits per heavy atom. The van der Waals surface area contributed by atoms with Gasteiger partial charge in [-0.2, -0.15) is 4.31 Å². The zero-order valence-corrected chi connectivity index (χ0v) is 18.6. The number of oxazole rings is 1. The molecule has 1 atom stereocenters. The summed E-state index contributed by atoms with van der Waals surface area (Å²) in [6, 6.07) is 7.83. The number of piperidine rings is 1. The van der Waals surface area contributed by atoms with E-state index < -0.39 is 10.0 Å². The third kappa shape index (κ3) is 5.27. The van der Waals surface area contributed by atoms with Crippen molar-refractivity contribution in [1.82, 2.24) is 14.2 Å². The van der Waals surface area contributed by atoms with Crippen LogP contribution in [0.2, 0.25) is 0 Å². The topological polar surface area (TPSA) is 93.0 Å². The Hall–Kier alpha value is -2.39. The number of carbonyl (C=O) groups is 1. The molecule has 2 fully saturated rings. The van der Waals surface area contributed by atoms with Crippen molar-refractivity contribution < 1.29 is 22.4 Å². The zero-order chi connectivity index (χ0) is 21.8. The fraction of sp³-hybridized carbons (Fsp3) is 0.545. The largest absolute Gasteiger partial charge is 0.497 e. The molecule has 1 amide bonds. The number of methoxy groups -OCH3 is 1. The van der Waals surface area contributed by atoms with Crippen molar-refractivity contribution >= 4 is 15.9 Å². The molecule has 1 aromatic heterocycles. The van der Waals surface area contributed by atoms with Gasteiger partial charge in [0.05, 0.1) is 31.5 Å². The molecule has 0 aliphatic carbocycles. The summed E-state index contributed by atoms with van der Waals surface area (Å²) in [5.74, 6) is 2.26. The Balaban J connectivity index is 1.36. The normalized spacial score (nSPS) is 21.7. The molecule has 0 unspecified atom stereocenters. The smallest absolute Gasteiger partial charge is 0.237 e. The van der Waals surface area contributed by atoms with E-state index in [9.17, 15) is 13.2 Å². The number of carbonyl (C=O) groups excluding carboxylic acids is 1. The molecule has 2 aliphatic rings. The van der Waals surface area contributed by atoms with Gasteiger partial charge in [-0.05, 0) is 43.4 Å². The summed E-state index contributed by atoms with van der Waals surface area (Å²) in [4.78, 5) is 19.0. The number of hydrogen-bond acceptors (Lipinski definition) is 6. The van der Waals surface area contributed by atoms with Crippen LogP contribution in [0.25, 0.3) is 0 Å². The number of rotatable bonds is 6. The van der Waals surface area contributed by atoms with Gasteiger partial charge in [-0.1, -0.05) is 12.1 Å². The summed E-state index contributed by atoms with van der Waals surface area (Å²) >= 11 is 0. The lowest BCUT2D eigenvalue weighted by Gasteiger charge is -2.33. The second-order valence-electron chi connectivity index (χ2n) is 8.23. The van der Waals surface area contributed by atoms with E-state index in [0.717, 1.165) is 36.3 Å². The number of ether oxygens (including phenoxy) is 1. The van der Waals surface area contributed by atoms with Crippen molar-refractivity contribution in [3.63, 3.8) is 0 Å². The lowest BCUT2D eigenvalue weighted by molar-refractivity contribution is -0.132. The van der Waals surface area contributed by atoms with Crippen molar-refractivity contribution in [2.75, 3.05) is 39.0 Å². The van der Waals surface area contributed by atoms with E-state index in [4.69, 9.17) is 9.15 Å². The molecule has 2 aromatic rings. The fourth-order valence-corrected chi connectivity index (χ4v) is 5.75. The summed E-state index contributed by atoms with van der Waals surface area (Å²) in [5, 5.41) is 0. The summed E-state index contributed by atoms with van der Waals surface area (Å²) < 4.78 is 36.9. The molecule has 0 saturated carbocycles. The van der Waals surface area contributed by atoms with Crippen LogP contribution in [0.5, 0.6) is 5.75 Å². The maximum atomic E-state index is 12.8. The minimum Gasteiger partial charge on any atom is -0.497 e. The molecule has 3 heterocycles. The number of sulfonamides is 1. The molecule has 168 valence electrons. The first-order valence-electron chi connectivity index (χ1n) is 10.8. The Bertz CT molecular complexity index is 1000. The van der Waals surface area contributed by atoms with Crippen molar-refractivity contribution in [3.8, 4) is 5.75 Å². The lowest BCUT2D eigenvalue weighted by atomic mass is 9.98. The molecule has 0 spiro atoms. The molecule has 2 aliphatic heterocycles. The summed E-state index contributed by atoms with van der Waals surface area (Å²) in [5.41, 5.74) is 1.10. The van der Waals surface area contributed by atoms with Gasteiger partial charge in [0.25, 0.3) is 0 Å². The van der Waals surface area contributed by atoms with Gasteiger partial charge in [0, 0.05) is 26.1 Å². The second-order valence-corrected chi connectivity index (χ2v) is 10.3. The summed E-state index contributed by atoms with van der Waals surface area (Å²) in [6.07, 6.45) is 5.61. The van der Waals surface area contributed by atoms with Crippen LogP contribution in [0.3, 0.4) is 0 Å². The quantitative estimate of drug-likeness (QED) is 0.675. The highest BCUT2D eigenvalue weighted by Crippen LogP contribution is 2.28. The Labute approximate surface area is 183 Å². The van der Waals surface area contributed by atoms with Gasteiger partial charge in [0.2, 0.25) is 15.9 Å². The van der Waals surface area contributed by atoms with Gasteiger partial charge in [-0.25, -0.2) is 13.4 Å². The van der Waals surface area contributed by atoms with Crippen LogP contribution < -0.4 is 4.74 Å². The first-order valence-corrected chi connectivity index (χ1v) is 12.4. The average Bonchev–Trinajstić information content (AvgIpc) is 3.24. The van der Waals surface area contributed by atoms with Crippen LogP contribution >= 0.6 is 0 Å². The molecule has 31 heavy (non-hydrogen) atoms. The van der Waals surface area contributed by atoms with Crippen LogP contribution in [0, 0.1) is 0 Å². The van der Waals surface area contributed by atoms with E-state index >= 15 is 0 Å². The van der Waals surface area contributed by atoms with Gasteiger partial charge in [-0.15, -0.1) is 0 Å². The van der Waals surface area contributed by atoms with E-state index in [1.54, 1.807) is 18.2 Å². The monoisotopic (exact) mass is 447 g/mol. The van der Waals surface area contributed by atoms with Gasteiger partial charge >= 0.3 is 0 Å². The lowest BCUT2D eigenvalue weighted by Crippen LogP contribution is -2.48. The molecule has 2 saturated heterocycles. The highest BCUT2D eigenvalue weighted by molar-refractivity contribution is 7.89. The van der Waals surface area contributed by atoms with Crippen LogP contribution in [-0.2, 0) is 21.2 Å². The molecule has 0 bridgehead atoms. The van der Waals surface area contributed by atoms with Crippen LogP contribution in [0.4, 0.5) is 0 Å². The molecule has 9 heteroatoms.